The van der Waals surface area contributed by atoms with Gasteiger partial charge in [-0.05, 0) is 37.9 Å². The molecule has 17 heavy (non-hydrogen) atoms. The molecule has 0 aliphatic carbocycles. The zero-order chi connectivity index (χ0) is 12.7. The fourth-order valence-corrected chi connectivity index (χ4v) is 1.55. The van der Waals surface area contributed by atoms with Gasteiger partial charge in [-0.2, -0.15) is 0 Å². The van der Waals surface area contributed by atoms with Gasteiger partial charge < -0.3 is 10.1 Å². The van der Waals surface area contributed by atoms with Crippen molar-refractivity contribution in [2.75, 3.05) is 13.2 Å². The van der Waals surface area contributed by atoms with E-state index in [4.69, 9.17) is 4.74 Å². The molecule has 96 valence electrons. The van der Waals surface area contributed by atoms with Gasteiger partial charge in [0.25, 0.3) is 0 Å². The molecule has 0 saturated heterocycles. The lowest BCUT2D eigenvalue weighted by Crippen LogP contribution is -2.20. The van der Waals surface area contributed by atoms with Crippen LogP contribution in [0.2, 0.25) is 0 Å². The molecule has 1 aromatic rings. The van der Waals surface area contributed by atoms with Gasteiger partial charge in [0.15, 0.2) is 0 Å². The molecule has 1 heterocycles. The highest BCUT2D eigenvalue weighted by atomic mass is 16.5. The van der Waals surface area contributed by atoms with E-state index in [2.05, 4.69) is 31.1 Å². The van der Waals surface area contributed by atoms with Crippen molar-refractivity contribution in [3.63, 3.8) is 0 Å². The highest BCUT2D eigenvalue weighted by molar-refractivity contribution is 5.29. The number of hydrogen-bond acceptors (Lipinski definition) is 3. The van der Waals surface area contributed by atoms with E-state index in [1.807, 2.05) is 19.1 Å². The quantitative estimate of drug-likeness (QED) is 0.790. The largest absolute Gasteiger partial charge is 0.492 e. The molecule has 0 bridgehead atoms. The number of nitrogens with one attached hydrogen (secondary N) is 1. The third-order valence-electron chi connectivity index (χ3n) is 2.38. The van der Waals surface area contributed by atoms with Gasteiger partial charge in [0.1, 0.15) is 5.75 Å². The van der Waals surface area contributed by atoms with Crippen molar-refractivity contribution in [3.8, 4) is 5.75 Å². The monoisotopic (exact) mass is 236 g/mol. The number of hydrogen-bond donors (Lipinski definition) is 1. The van der Waals surface area contributed by atoms with E-state index < -0.39 is 0 Å². The maximum Gasteiger partial charge on any atom is 0.142 e. The van der Waals surface area contributed by atoms with Crippen molar-refractivity contribution in [3.05, 3.63) is 23.5 Å². The Morgan fingerprint density at radius 1 is 1.35 bits per heavy atom. The fraction of sp³-hybridized carbons (Fsp3) is 0.643. The number of rotatable bonds is 7. The van der Waals surface area contributed by atoms with Crippen LogP contribution in [-0.2, 0) is 6.54 Å². The van der Waals surface area contributed by atoms with Crippen molar-refractivity contribution in [2.45, 2.75) is 40.7 Å². The minimum Gasteiger partial charge on any atom is -0.492 e. The summed E-state index contributed by atoms with van der Waals surface area (Å²) in [6.07, 6.45) is 1.02. The molecule has 3 nitrogen and oxygen atoms in total. The van der Waals surface area contributed by atoms with Gasteiger partial charge in [-0.25, -0.2) is 0 Å². The summed E-state index contributed by atoms with van der Waals surface area (Å²) >= 11 is 0. The summed E-state index contributed by atoms with van der Waals surface area (Å²) in [5.74, 6) is 1.56. The first-order chi connectivity index (χ1) is 8.13. The van der Waals surface area contributed by atoms with Crippen LogP contribution in [0.15, 0.2) is 12.1 Å². The summed E-state index contributed by atoms with van der Waals surface area (Å²) in [6, 6.07) is 4.02. The Morgan fingerprint density at radius 2 is 2.12 bits per heavy atom. The predicted octanol–water partition coefficient (Wildman–Crippen LogP) is 2.92. The second kappa shape index (κ2) is 7.28. The van der Waals surface area contributed by atoms with Gasteiger partial charge in [0.2, 0.25) is 0 Å². The molecular formula is C14H24N2O. The van der Waals surface area contributed by atoms with Crippen molar-refractivity contribution < 1.29 is 4.74 Å². The molecule has 0 amide bonds. The molecule has 0 aliphatic rings. The zero-order valence-corrected chi connectivity index (χ0v) is 11.4. The third-order valence-corrected chi connectivity index (χ3v) is 2.38. The first-order valence-corrected chi connectivity index (χ1v) is 6.43. The Bertz CT molecular complexity index is 337. The minimum absolute atomic E-state index is 0.653. The normalized spacial score (nSPS) is 10.9. The summed E-state index contributed by atoms with van der Waals surface area (Å²) in [4.78, 5) is 4.54. The number of nitrogens with zero attached hydrogens (tertiary/aromatic N) is 1. The third kappa shape index (κ3) is 5.18. The lowest BCUT2D eigenvalue weighted by Gasteiger charge is -2.12. The van der Waals surface area contributed by atoms with E-state index >= 15 is 0 Å². The number of ether oxygens (including phenoxy) is 1. The molecule has 0 spiro atoms. The van der Waals surface area contributed by atoms with Crippen LogP contribution in [0.1, 0.15) is 38.6 Å². The smallest absolute Gasteiger partial charge is 0.142 e. The topological polar surface area (TPSA) is 34.1 Å². The highest BCUT2D eigenvalue weighted by Crippen LogP contribution is 2.17. The lowest BCUT2D eigenvalue weighted by atomic mass is 10.2. The van der Waals surface area contributed by atoms with Crippen LogP contribution in [-0.4, -0.2) is 18.1 Å². The van der Waals surface area contributed by atoms with Crippen molar-refractivity contribution in [1.82, 2.24) is 10.3 Å². The summed E-state index contributed by atoms with van der Waals surface area (Å²) < 4.78 is 5.70. The van der Waals surface area contributed by atoms with Crippen LogP contribution in [0.5, 0.6) is 5.75 Å². The first-order valence-electron chi connectivity index (χ1n) is 6.43. The number of aryl methyl sites for hydroxylation is 1. The number of pyridine rings is 1. The van der Waals surface area contributed by atoms with E-state index in [1.165, 1.54) is 0 Å². The van der Waals surface area contributed by atoms with Crippen LogP contribution in [0.4, 0.5) is 0 Å². The van der Waals surface area contributed by atoms with E-state index in [1.54, 1.807) is 0 Å². The Morgan fingerprint density at radius 3 is 2.76 bits per heavy atom. The zero-order valence-electron chi connectivity index (χ0n) is 11.4. The second-order valence-corrected chi connectivity index (χ2v) is 4.77. The standard InChI is InChI=1S/C14H24N2O/c1-5-8-17-14-7-6-12(4)16-13(14)10-15-9-11(2)3/h6-7,11,15H,5,8-10H2,1-4H3. The number of aromatic nitrogens is 1. The van der Waals surface area contributed by atoms with E-state index in [9.17, 15) is 0 Å². The Kier molecular flexibility index (Phi) is 5.98. The molecule has 0 aliphatic heterocycles. The van der Waals surface area contributed by atoms with Crippen molar-refractivity contribution in [1.29, 1.82) is 0 Å². The first kappa shape index (κ1) is 14.0. The summed E-state index contributed by atoms with van der Waals surface area (Å²) in [7, 11) is 0. The van der Waals surface area contributed by atoms with Gasteiger partial charge in [0.05, 0.1) is 12.3 Å². The second-order valence-electron chi connectivity index (χ2n) is 4.77. The van der Waals surface area contributed by atoms with Crippen LogP contribution < -0.4 is 10.1 Å². The van der Waals surface area contributed by atoms with E-state index in [0.29, 0.717) is 5.92 Å². The summed E-state index contributed by atoms with van der Waals surface area (Å²) in [5.41, 5.74) is 2.05. The van der Waals surface area contributed by atoms with Crippen LogP contribution in [0.3, 0.4) is 0 Å². The Hall–Kier alpha value is -1.09. The van der Waals surface area contributed by atoms with Crippen molar-refractivity contribution >= 4 is 0 Å². The molecule has 1 aromatic heterocycles. The van der Waals surface area contributed by atoms with E-state index in [0.717, 1.165) is 43.3 Å². The molecular weight excluding hydrogens is 212 g/mol. The average Bonchev–Trinajstić information content (AvgIpc) is 2.27. The molecule has 3 heteroatoms. The summed E-state index contributed by atoms with van der Waals surface area (Å²) in [6.45, 7) is 11.0. The lowest BCUT2D eigenvalue weighted by molar-refractivity contribution is 0.311. The maximum atomic E-state index is 5.70. The van der Waals surface area contributed by atoms with E-state index in [-0.39, 0.29) is 0 Å². The summed E-state index contributed by atoms with van der Waals surface area (Å²) in [5, 5.41) is 3.40. The SMILES string of the molecule is CCCOc1ccc(C)nc1CNCC(C)C. The molecule has 0 fully saturated rings. The average molecular weight is 236 g/mol. The molecule has 0 aromatic carbocycles. The Labute approximate surface area is 105 Å². The molecule has 0 saturated carbocycles. The van der Waals surface area contributed by atoms with Crippen LogP contribution in [0.25, 0.3) is 0 Å². The minimum atomic E-state index is 0.653. The fourth-order valence-electron chi connectivity index (χ4n) is 1.55. The van der Waals surface area contributed by atoms with Crippen molar-refractivity contribution in [2.24, 2.45) is 5.92 Å². The van der Waals surface area contributed by atoms with Gasteiger partial charge in [-0.3, -0.25) is 4.98 Å². The van der Waals surface area contributed by atoms with Gasteiger partial charge in [0, 0.05) is 12.2 Å². The molecule has 1 rings (SSSR count). The highest BCUT2D eigenvalue weighted by Gasteiger charge is 2.05. The van der Waals surface area contributed by atoms with Gasteiger partial charge >= 0.3 is 0 Å². The maximum absolute atomic E-state index is 5.70. The predicted molar refractivity (Wildman–Crippen MR) is 71.3 cm³/mol. The molecule has 0 radical (unpaired) electrons. The molecule has 1 N–H and O–H groups in total. The van der Waals surface area contributed by atoms with Gasteiger partial charge in [-0.1, -0.05) is 20.8 Å². The van der Waals surface area contributed by atoms with Crippen LogP contribution >= 0.6 is 0 Å². The van der Waals surface area contributed by atoms with Gasteiger partial charge in [-0.15, -0.1) is 0 Å². The van der Waals surface area contributed by atoms with Crippen LogP contribution in [0, 0.1) is 12.8 Å². The molecule has 0 unspecified atom stereocenters. The molecule has 0 atom stereocenters. The Balaban J connectivity index is 2.62.